The van der Waals surface area contributed by atoms with Gasteiger partial charge < -0.3 is 0 Å². The molecule has 2 heterocycles. The standard InChI is InChI=1S/C29H30FN3O/c30-26-13-11-24(12-14-26)27-20-28(25-9-5-2-6-10-25)33(31-27)29(34)21-32-17-15-23(16-18-32)19-22-7-3-1-4-8-22/h1-14,23,28H,15-21H2/t28-/m0/s1. The zero-order chi connectivity index (χ0) is 23.3. The Morgan fingerprint density at radius 3 is 2.21 bits per heavy atom. The van der Waals surface area contributed by atoms with Gasteiger partial charge in [0.1, 0.15) is 5.82 Å². The lowest BCUT2D eigenvalue weighted by atomic mass is 9.90. The van der Waals surface area contributed by atoms with Crippen molar-refractivity contribution in [2.45, 2.75) is 31.7 Å². The van der Waals surface area contributed by atoms with Gasteiger partial charge in [-0.1, -0.05) is 72.8 Å². The molecule has 1 atom stereocenters. The average Bonchev–Trinajstić information content (AvgIpc) is 3.33. The fourth-order valence-corrected chi connectivity index (χ4v) is 5.05. The van der Waals surface area contributed by atoms with Crippen LogP contribution in [0.15, 0.2) is 90.0 Å². The van der Waals surface area contributed by atoms with Gasteiger partial charge in [-0.25, -0.2) is 9.40 Å². The van der Waals surface area contributed by atoms with Gasteiger partial charge in [0, 0.05) is 6.42 Å². The number of amides is 1. The van der Waals surface area contributed by atoms with Gasteiger partial charge in [-0.3, -0.25) is 9.69 Å². The molecule has 0 aliphatic carbocycles. The van der Waals surface area contributed by atoms with Crippen molar-refractivity contribution in [2.75, 3.05) is 19.6 Å². The third-order valence-electron chi connectivity index (χ3n) is 6.96. The lowest BCUT2D eigenvalue weighted by molar-refractivity contribution is -0.134. The van der Waals surface area contributed by atoms with E-state index in [1.54, 1.807) is 17.1 Å². The second-order valence-electron chi connectivity index (χ2n) is 9.33. The first kappa shape index (κ1) is 22.5. The third kappa shape index (κ3) is 5.26. The molecule has 0 saturated carbocycles. The Hall–Kier alpha value is -3.31. The summed E-state index contributed by atoms with van der Waals surface area (Å²) in [6.07, 6.45) is 3.94. The van der Waals surface area contributed by atoms with Crippen LogP contribution in [-0.2, 0) is 11.2 Å². The molecule has 2 aliphatic rings. The van der Waals surface area contributed by atoms with Crippen LogP contribution in [0.1, 0.15) is 42.0 Å². The summed E-state index contributed by atoms with van der Waals surface area (Å²) < 4.78 is 13.4. The van der Waals surface area contributed by atoms with Crippen molar-refractivity contribution in [1.29, 1.82) is 0 Å². The van der Waals surface area contributed by atoms with Crippen LogP contribution in [0.3, 0.4) is 0 Å². The number of piperidine rings is 1. The summed E-state index contributed by atoms with van der Waals surface area (Å²) in [4.78, 5) is 15.7. The first-order valence-electron chi connectivity index (χ1n) is 12.1. The second-order valence-corrected chi connectivity index (χ2v) is 9.33. The quantitative estimate of drug-likeness (QED) is 0.495. The molecule has 3 aromatic rings. The van der Waals surface area contributed by atoms with E-state index in [1.807, 2.05) is 30.3 Å². The number of nitrogens with zero attached hydrogens (tertiary/aromatic N) is 3. The molecule has 0 aromatic heterocycles. The summed E-state index contributed by atoms with van der Waals surface area (Å²) in [7, 11) is 0. The Bertz CT molecular complexity index is 1120. The van der Waals surface area contributed by atoms with E-state index in [2.05, 4.69) is 35.2 Å². The maximum Gasteiger partial charge on any atom is 0.257 e. The highest BCUT2D eigenvalue weighted by molar-refractivity contribution is 6.03. The van der Waals surface area contributed by atoms with Crippen molar-refractivity contribution in [3.05, 3.63) is 107 Å². The van der Waals surface area contributed by atoms with E-state index >= 15 is 0 Å². The first-order chi connectivity index (χ1) is 16.7. The van der Waals surface area contributed by atoms with Crippen molar-refractivity contribution < 1.29 is 9.18 Å². The van der Waals surface area contributed by atoms with E-state index < -0.39 is 0 Å². The number of rotatable bonds is 6. The SMILES string of the molecule is O=C(CN1CCC(Cc2ccccc2)CC1)N1N=C(c2ccc(F)cc2)C[C@H]1c1ccccc1. The van der Waals surface area contributed by atoms with E-state index in [1.165, 1.54) is 17.7 Å². The summed E-state index contributed by atoms with van der Waals surface area (Å²) in [5.41, 5.74) is 4.14. The number of hydrogen-bond acceptors (Lipinski definition) is 3. The normalized spacial score (nSPS) is 19.3. The molecule has 0 radical (unpaired) electrons. The molecule has 4 nitrogen and oxygen atoms in total. The maximum atomic E-state index is 13.4. The highest BCUT2D eigenvalue weighted by Gasteiger charge is 2.34. The molecule has 174 valence electrons. The summed E-state index contributed by atoms with van der Waals surface area (Å²) >= 11 is 0. The highest BCUT2D eigenvalue weighted by atomic mass is 19.1. The molecule has 5 rings (SSSR count). The monoisotopic (exact) mass is 455 g/mol. The van der Waals surface area contributed by atoms with Gasteiger partial charge in [0.2, 0.25) is 0 Å². The molecule has 5 heteroatoms. The van der Waals surface area contributed by atoms with Crippen molar-refractivity contribution in [2.24, 2.45) is 11.0 Å². The van der Waals surface area contributed by atoms with Crippen LogP contribution >= 0.6 is 0 Å². The number of carbonyl (C=O) groups is 1. The number of carbonyl (C=O) groups excluding carboxylic acids is 1. The fraction of sp³-hybridized carbons (Fsp3) is 0.310. The van der Waals surface area contributed by atoms with Crippen LogP contribution in [0.2, 0.25) is 0 Å². The Labute approximate surface area is 200 Å². The van der Waals surface area contributed by atoms with E-state index in [4.69, 9.17) is 5.10 Å². The molecule has 0 bridgehead atoms. The van der Waals surface area contributed by atoms with E-state index in [0.29, 0.717) is 18.9 Å². The minimum atomic E-state index is -0.273. The molecule has 3 aromatic carbocycles. The number of hydrazone groups is 1. The molecular weight excluding hydrogens is 425 g/mol. The predicted octanol–water partition coefficient (Wildman–Crippen LogP) is 5.46. The van der Waals surface area contributed by atoms with Gasteiger partial charge in [-0.15, -0.1) is 0 Å². The topological polar surface area (TPSA) is 35.9 Å². The summed E-state index contributed by atoms with van der Waals surface area (Å²) in [5, 5.41) is 6.39. The van der Waals surface area contributed by atoms with Crippen molar-refractivity contribution in [3.63, 3.8) is 0 Å². The van der Waals surface area contributed by atoms with Crippen LogP contribution in [0.5, 0.6) is 0 Å². The number of benzene rings is 3. The lowest BCUT2D eigenvalue weighted by Crippen LogP contribution is -2.42. The summed E-state index contributed by atoms with van der Waals surface area (Å²) in [6.45, 7) is 2.24. The lowest BCUT2D eigenvalue weighted by Gasteiger charge is -2.33. The molecule has 34 heavy (non-hydrogen) atoms. The number of hydrogen-bond donors (Lipinski definition) is 0. The van der Waals surface area contributed by atoms with E-state index in [9.17, 15) is 9.18 Å². The molecule has 2 aliphatic heterocycles. The second kappa shape index (κ2) is 10.3. The van der Waals surface area contributed by atoms with Crippen molar-refractivity contribution >= 4 is 11.6 Å². The Kier molecular flexibility index (Phi) is 6.82. The van der Waals surface area contributed by atoms with Crippen LogP contribution in [-0.4, -0.2) is 41.2 Å². The van der Waals surface area contributed by atoms with Gasteiger partial charge in [0.25, 0.3) is 5.91 Å². The maximum absolute atomic E-state index is 13.4. The smallest absolute Gasteiger partial charge is 0.257 e. The molecule has 1 saturated heterocycles. The molecule has 0 N–H and O–H groups in total. The third-order valence-corrected chi connectivity index (χ3v) is 6.96. The number of halogens is 1. The van der Waals surface area contributed by atoms with Gasteiger partial charge >= 0.3 is 0 Å². The molecule has 1 amide bonds. The molecule has 0 unspecified atom stereocenters. The van der Waals surface area contributed by atoms with Gasteiger partial charge in [-0.2, -0.15) is 5.10 Å². The zero-order valence-corrected chi connectivity index (χ0v) is 19.3. The first-order valence-corrected chi connectivity index (χ1v) is 12.1. The fourth-order valence-electron chi connectivity index (χ4n) is 5.05. The number of likely N-dealkylation sites (tertiary alicyclic amines) is 1. The molecule has 1 fully saturated rings. The average molecular weight is 456 g/mol. The van der Waals surface area contributed by atoms with Crippen LogP contribution in [0.25, 0.3) is 0 Å². The summed E-state index contributed by atoms with van der Waals surface area (Å²) in [5.74, 6) is 0.415. The van der Waals surface area contributed by atoms with Crippen LogP contribution in [0, 0.1) is 11.7 Å². The van der Waals surface area contributed by atoms with Crippen molar-refractivity contribution in [3.8, 4) is 0 Å². The minimum absolute atomic E-state index is 0.0208. The van der Waals surface area contributed by atoms with Crippen LogP contribution < -0.4 is 0 Å². The van der Waals surface area contributed by atoms with Gasteiger partial charge in [0.15, 0.2) is 0 Å². The summed E-state index contributed by atoms with van der Waals surface area (Å²) in [6, 6.07) is 26.9. The highest BCUT2D eigenvalue weighted by Crippen LogP contribution is 2.33. The Morgan fingerprint density at radius 1 is 0.882 bits per heavy atom. The zero-order valence-electron chi connectivity index (χ0n) is 19.3. The molecular formula is C29H30FN3O. The Morgan fingerprint density at radius 2 is 1.53 bits per heavy atom. The predicted molar refractivity (Wildman–Crippen MR) is 133 cm³/mol. The van der Waals surface area contributed by atoms with E-state index in [0.717, 1.165) is 49.2 Å². The van der Waals surface area contributed by atoms with Gasteiger partial charge in [0.05, 0.1) is 18.3 Å². The van der Waals surface area contributed by atoms with Gasteiger partial charge in [-0.05, 0) is 67.1 Å². The largest absolute Gasteiger partial charge is 0.294 e. The van der Waals surface area contributed by atoms with Crippen LogP contribution in [0.4, 0.5) is 4.39 Å². The molecule has 0 spiro atoms. The van der Waals surface area contributed by atoms with Crippen molar-refractivity contribution in [1.82, 2.24) is 9.91 Å². The Balaban J connectivity index is 1.25. The van der Waals surface area contributed by atoms with E-state index in [-0.39, 0.29) is 17.8 Å². The minimum Gasteiger partial charge on any atom is -0.294 e.